The zero-order valence-electron chi connectivity index (χ0n) is 6.24. The third-order valence-electron chi connectivity index (χ3n) is 1.54. The summed E-state index contributed by atoms with van der Waals surface area (Å²) in [5.74, 6) is 0.247. The van der Waals surface area contributed by atoms with Crippen LogP contribution in [-0.2, 0) is 0 Å². The zero-order valence-corrected chi connectivity index (χ0v) is 9.29. The summed E-state index contributed by atoms with van der Waals surface area (Å²) < 4.78 is 1.01. The third-order valence-corrected chi connectivity index (χ3v) is 2.54. The van der Waals surface area contributed by atoms with Crippen molar-refractivity contribution in [2.75, 3.05) is 5.75 Å². The molecule has 1 aromatic heterocycles. The molecule has 0 amide bonds. The number of thiol groups is 1. The first-order valence-electron chi connectivity index (χ1n) is 3.46. The van der Waals surface area contributed by atoms with Gasteiger partial charge in [0.05, 0.1) is 6.10 Å². The number of hydrogen-bond donors (Lipinski definition) is 4. The van der Waals surface area contributed by atoms with Crippen LogP contribution >= 0.6 is 35.2 Å². The van der Waals surface area contributed by atoms with E-state index in [1.165, 1.54) is 0 Å². The molecule has 1 heterocycles. The number of aliphatic hydroxyl groups excluding tert-OH is 2. The van der Waals surface area contributed by atoms with Gasteiger partial charge in [-0.3, -0.25) is 0 Å². The van der Waals surface area contributed by atoms with Gasteiger partial charge in [0.1, 0.15) is 6.10 Å². The topological polar surface area (TPSA) is 56.2 Å². The summed E-state index contributed by atoms with van der Waals surface area (Å²) in [7, 11) is 0. The maximum Gasteiger partial charge on any atom is 0.120 e. The summed E-state index contributed by atoms with van der Waals surface area (Å²) in [5.41, 5.74) is 0.626. The van der Waals surface area contributed by atoms with E-state index in [4.69, 9.17) is 0 Å². The van der Waals surface area contributed by atoms with Crippen molar-refractivity contribution >= 4 is 35.2 Å². The van der Waals surface area contributed by atoms with Crippen LogP contribution in [0.25, 0.3) is 0 Å². The second-order valence-electron chi connectivity index (χ2n) is 2.47. The normalized spacial score (nSPS) is 16.0. The van der Waals surface area contributed by atoms with E-state index in [9.17, 15) is 10.2 Å². The number of hydrogen-bond acceptors (Lipinski definition) is 3. The number of H-pyrrole nitrogens is 1. The maximum atomic E-state index is 9.47. The average Bonchev–Trinajstić information content (AvgIpc) is 2.49. The van der Waals surface area contributed by atoms with E-state index < -0.39 is 12.2 Å². The molecule has 3 nitrogen and oxygen atoms in total. The monoisotopic (exact) mass is 299 g/mol. The number of nitrogens with one attached hydrogen (secondary N) is 1. The Balaban J connectivity index is 2.70. The van der Waals surface area contributed by atoms with Crippen molar-refractivity contribution in [3.63, 3.8) is 0 Å². The molecule has 3 N–H and O–H groups in total. The summed E-state index contributed by atoms with van der Waals surface area (Å²) in [6.45, 7) is 0. The van der Waals surface area contributed by atoms with Crippen molar-refractivity contribution in [3.8, 4) is 0 Å². The molecular weight excluding hydrogens is 289 g/mol. The molecule has 5 heteroatoms. The molecule has 68 valence electrons. The van der Waals surface area contributed by atoms with Gasteiger partial charge in [0, 0.05) is 21.2 Å². The smallest absolute Gasteiger partial charge is 0.120 e. The Morgan fingerprint density at radius 1 is 1.58 bits per heavy atom. The first-order chi connectivity index (χ1) is 5.65. The molecule has 1 rings (SSSR count). The SMILES string of the molecule is OC(CS)C(O)c1cc(I)c[nH]1. The summed E-state index contributed by atoms with van der Waals surface area (Å²) >= 11 is 6.01. The van der Waals surface area contributed by atoms with Gasteiger partial charge in [-0.05, 0) is 28.7 Å². The van der Waals surface area contributed by atoms with Crippen molar-refractivity contribution in [1.82, 2.24) is 4.98 Å². The molecule has 1 aromatic rings. The van der Waals surface area contributed by atoms with Gasteiger partial charge in [-0.1, -0.05) is 0 Å². The van der Waals surface area contributed by atoms with E-state index in [0.29, 0.717) is 5.69 Å². The fraction of sp³-hybridized carbons (Fsp3) is 0.429. The predicted octanol–water partition coefficient (Wildman–Crippen LogP) is 0.943. The standard InChI is InChI=1S/C7H10INO2S/c8-4-1-5(9-2-4)7(11)6(10)3-12/h1-2,6-7,9-12H,3H2. The average molecular weight is 299 g/mol. The number of aliphatic hydroxyl groups is 2. The largest absolute Gasteiger partial charge is 0.389 e. The minimum Gasteiger partial charge on any atom is -0.389 e. The number of rotatable bonds is 3. The predicted molar refractivity (Wildman–Crippen MR) is 58.3 cm³/mol. The van der Waals surface area contributed by atoms with Gasteiger partial charge in [0.25, 0.3) is 0 Å². The molecule has 2 unspecified atom stereocenters. The lowest BCUT2D eigenvalue weighted by molar-refractivity contribution is 0.0313. The van der Waals surface area contributed by atoms with Crippen LogP contribution in [0.3, 0.4) is 0 Å². The van der Waals surface area contributed by atoms with Crippen LogP contribution in [0, 0.1) is 3.57 Å². The van der Waals surface area contributed by atoms with Gasteiger partial charge >= 0.3 is 0 Å². The second-order valence-corrected chi connectivity index (χ2v) is 4.08. The summed E-state index contributed by atoms with van der Waals surface area (Å²) in [5, 5.41) is 18.7. The van der Waals surface area contributed by atoms with Crippen molar-refractivity contribution in [3.05, 3.63) is 21.5 Å². The quantitative estimate of drug-likeness (QED) is 0.496. The fourth-order valence-electron chi connectivity index (χ4n) is 0.862. The minimum atomic E-state index is -0.869. The Bertz CT molecular complexity index is 253. The minimum absolute atomic E-state index is 0.247. The second kappa shape index (κ2) is 4.50. The van der Waals surface area contributed by atoms with Crippen LogP contribution in [0.15, 0.2) is 12.3 Å². The van der Waals surface area contributed by atoms with E-state index in [1.54, 1.807) is 12.3 Å². The Kier molecular flexibility index (Phi) is 3.88. The Hall–Kier alpha value is 0.280. The van der Waals surface area contributed by atoms with Crippen molar-refractivity contribution in [2.45, 2.75) is 12.2 Å². The van der Waals surface area contributed by atoms with Gasteiger partial charge in [0.15, 0.2) is 0 Å². The molecule has 0 aliphatic heterocycles. The number of halogens is 1. The maximum absolute atomic E-state index is 9.47. The lowest BCUT2D eigenvalue weighted by Crippen LogP contribution is -2.19. The molecule has 0 saturated carbocycles. The Labute approximate surface area is 89.7 Å². The lowest BCUT2D eigenvalue weighted by Gasteiger charge is -2.13. The highest BCUT2D eigenvalue weighted by Crippen LogP contribution is 2.18. The van der Waals surface area contributed by atoms with Crippen molar-refractivity contribution < 1.29 is 10.2 Å². The molecule has 0 aliphatic rings. The number of aromatic nitrogens is 1. The zero-order chi connectivity index (χ0) is 9.14. The Morgan fingerprint density at radius 3 is 2.67 bits per heavy atom. The first-order valence-corrected chi connectivity index (χ1v) is 5.17. The highest BCUT2D eigenvalue weighted by atomic mass is 127. The van der Waals surface area contributed by atoms with Gasteiger partial charge < -0.3 is 15.2 Å². The molecule has 0 fully saturated rings. The van der Waals surface area contributed by atoms with E-state index in [2.05, 4.69) is 40.2 Å². The molecule has 0 bridgehead atoms. The molecular formula is C7H10INO2S. The van der Waals surface area contributed by atoms with Crippen molar-refractivity contribution in [1.29, 1.82) is 0 Å². The molecule has 0 radical (unpaired) electrons. The third kappa shape index (κ3) is 2.38. The van der Waals surface area contributed by atoms with Crippen LogP contribution in [0.1, 0.15) is 11.8 Å². The van der Waals surface area contributed by atoms with Gasteiger partial charge in [-0.15, -0.1) is 0 Å². The summed E-state index contributed by atoms with van der Waals surface area (Å²) in [4.78, 5) is 2.87. The van der Waals surface area contributed by atoms with Crippen molar-refractivity contribution in [2.24, 2.45) is 0 Å². The lowest BCUT2D eigenvalue weighted by atomic mass is 10.2. The Morgan fingerprint density at radius 2 is 2.25 bits per heavy atom. The van der Waals surface area contributed by atoms with Gasteiger partial charge in [-0.25, -0.2) is 0 Å². The molecule has 0 aromatic carbocycles. The molecule has 0 saturated heterocycles. The van der Waals surface area contributed by atoms with E-state index in [0.717, 1.165) is 3.57 Å². The highest BCUT2D eigenvalue weighted by molar-refractivity contribution is 14.1. The molecule has 0 aliphatic carbocycles. The van der Waals surface area contributed by atoms with Crippen LogP contribution in [0.5, 0.6) is 0 Å². The van der Waals surface area contributed by atoms with E-state index in [1.807, 2.05) is 0 Å². The highest BCUT2D eigenvalue weighted by Gasteiger charge is 2.17. The van der Waals surface area contributed by atoms with Crippen LogP contribution in [0.4, 0.5) is 0 Å². The first kappa shape index (κ1) is 10.4. The fourth-order valence-corrected chi connectivity index (χ4v) is 1.55. The van der Waals surface area contributed by atoms with Crippen LogP contribution < -0.4 is 0 Å². The number of aromatic amines is 1. The van der Waals surface area contributed by atoms with Crippen LogP contribution in [0.2, 0.25) is 0 Å². The van der Waals surface area contributed by atoms with Crippen LogP contribution in [-0.4, -0.2) is 27.1 Å². The van der Waals surface area contributed by atoms with E-state index in [-0.39, 0.29) is 5.75 Å². The molecule has 0 spiro atoms. The van der Waals surface area contributed by atoms with E-state index >= 15 is 0 Å². The van der Waals surface area contributed by atoms with Gasteiger partial charge in [-0.2, -0.15) is 12.6 Å². The summed E-state index contributed by atoms with van der Waals surface area (Å²) in [6, 6.07) is 1.79. The molecule has 12 heavy (non-hydrogen) atoms. The van der Waals surface area contributed by atoms with Gasteiger partial charge in [0.2, 0.25) is 0 Å². The summed E-state index contributed by atoms with van der Waals surface area (Å²) in [6.07, 6.45) is 0.0819. The molecule has 2 atom stereocenters.